The topological polar surface area (TPSA) is 101 Å². The molecule has 2 fully saturated rings. The maximum absolute atomic E-state index is 14.2. The van der Waals surface area contributed by atoms with E-state index in [1.54, 1.807) is 23.2 Å². The molecule has 3 aromatic rings. The number of aromatic nitrogens is 1. The van der Waals surface area contributed by atoms with Crippen molar-refractivity contribution >= 4 is 29.3 Å². The first-order chi connectivity index (χ1) is 20.3. The van der Waals surface area contributed by atoms with Crippen LogP contribution in [0.2, 0.25) is 5.02 Å². The Labute approximate surface area is 249 Å². The molecule has 1 amide bonds. The molecule has 0 radical (unpaired) electrons. The van der Waals surface area contributed by atoms with Gasteiger partial charge in [0.25, 0.3) is 0 Å². The summed E-state index contributed by atoms with van der Waals surface area (Å²) in [6, 6.07) is 13.9. The molecule has 8 nitrogen and oxygen atoms in total. The lowest BCUT2D eigenvalue weighted by molar-refractivity contribution is 0.0874. The van der Waals surface area contributed by atoms with E-state index in [0.717, 1.165) is 5.69 Å². The van der Waals surface area contributed by atoms with E-state index in [2.05, 4.69) is 15.6 Å². The van der Waals surface area contributed by atoms with Gasteiger partial charge in [-0.2, -0.15) is 0 Å². The second-order valence-electron chi connectivity index (χ2n) is 10.8. The van der Waals surface area contributed by atoms with Crippen molar-refractivity contribution in [3.63, 3.8) is 0 Å². The van der Waals surface area contributed by atoms with Gasteiger partial charge in [-0.05, 0) is 87.3 Å². The summed E-state index contributed by atoms with van der Waals surface area (Å²) in [6.45, 7) is 5.27. The Hall–Kier alpha value is -3.66. The van der Waals surface area contributed by atoms with Crippen LogP contribution in [0.15, 0.2) is 60.8 Å². The summed E-state index contributed by atoms with van der Waals surface area (Å²) in [5.41, 5.74) is 2.38. The maximum Gasteiger partial charge on any atom is 0.415 e. The molecule has 2 aliphatic heterocycles. The fourth-order valence-electron chi connectivity index (χ4n) is 6.03. The van der Waals surface area contributed by atoms with Crippen molar-refractivity contribution in [3.8, 4) is 5.75 Å². The molecule has 5 rings (SSSR count). The zero-order chi connectivity index (χ0) is 29.8. The summed E-state index contributed by atoms with van der Waals surface area (Å²) in [4.78, 5) is 46.1. The Kier molecular flexibility index (Phi) is 9.30. The van der Waals surface area contributed by atoms with Crippen molar-refractivity contribution in [3.05, 3.63) is 94.0 Å². The van der Waals surface area contributed by atoms with Crippen molar-refractivity contribution in [1.29, 1.82) is 0 Å². The third kappa shape index (κ3) is 6.38. The van der Waals surface area contributed by atoms with Gasteiger partial charge in [0, 0.05) is 48.8 Å². The highest BCUT2D eigenvalue weighted by atomic mass is 35.5. The number of hydrogen-bond donors (Lipinski definition) is 2. The number of halogens is 2. The number of carbonyl (C=O) groups is 3. The zero-order valence-electron chi connectivity index (χ0n) is 23.6. The molecule has 2 unspecified atom stereocenters. The first kappa shape index (κ1) is 29.8. The molecule has 0 spiro atoms. The van der Waals surface area contributed by atoms with E-state index in [1.807, 2.05) is 25.1 Å². The van der Waals surface area contributed by atoms with Crippen LogP contribution >= 0.6 is 11.6 Å². The van der Waals surface area contributed by atoms with Crippen LogP contribution in [-0.4, -0.2) is 59.8 Å². The molecule has 0 aliphatic carbocycles. The summed E-state index contributed by atoms with van der Waals surface area (Å²) < 4.78 is 18.9. The Morgan fingerprint density at radius 2 is 1.88 bits per heavy atom. The lowest BCUT2D eigenvalue weighted by atomic mass is 9.80. The highest BCUT2D eigenvalue weighted by Gasteiger charge is 2.39. The van der Waals surface area contributed by atoms with E-state index in [-0.39, 0.29) is 46.3 Å². The van der Waals surface area contributed by atoms with E-state index < -0.39 is 11.9 Å². The van der Waals surface area contributed by atoms with Gasteiger partial charge in [-0.3, -0.25) is 14.6 Å². The van der Waals surface area contributed by atoms with Crippen LogP contribution in [0.25, 0.3) is 0 Å². The highest BCUT2D eigenvalue weighted by Crippen LogP contribution is 2.37. The molecule has 3 heterocycles. The predicted molar refractivity (Wildman–Crippen MR) is 158 cm³/mol. The van der Waals surface area contributed by atoms with Crippen LogP contribution in [0, 0.1) is 11.7 Å². The summed E-state index contributed by atoms with van der Waals surface area (Å²) in [5.74, 6) is -1.00. The normalized spacial score (nSPS) is 22.0. The van der Waals surface area contributed by atoms with E-state index in [1.165, 1.54) is 31.2 Å². The Morgan fingerprint density at radius 3 is 2.57 bits per heavy atom. The smallest absolute Gasteiger partial charge is 0.410 e. The minimum absolute atomic E-state index is 0.0352. The van der Waals surface area contributed by atoms with Gasteiger partial charge in [-0.25, -0.2) is 9.18 Å². The van der Waals surface area contributed by atoms with Crippen LogP contribution in [0.3, 0.4) is 0 Å². The molecular weight excluding hydrogens is 559 g/mol. The third-order valence-electron chi connectivity index (χ3n) is 8.18. The average molecular weight is 593 g/mol. The Balaban J connectivity index is 1.46. The summed E-state index contributed by atoms with van der Waals surface area (Å²) in [7, 11) is 0. The largest absolute Gasteiger partial charge is 0.415 e. The van der Waals surface area contributed by atoms with Crippen LogP contribution in [0.4, 0.5) is 9.18 Å². The number of likely N-dealkylation sites (N-methyl/N-ethyl adjacent to an activating group) is 1. The second kappa shape index (κ2) is 13.1. The Morgan fingerprint density at radius 1 is 1.10 bits per heavy atom. The number of carbonyl (C=O) groups excluding carboxylic acids is 3. The number of ether oxygens (including phenoxy) is 1. The van der Waals surface area contributed by atoms with Crippen molar-refractivity contribution in [1.82, 2.24) is 20.5 Å². The summed E-state index contributed by atoms with van der Waals surface area (Å²) >= 11 is 6.57. The van der Waals surface area contributed by atoms with Gasteiger partial charge >= 0.3 is 6.09 Å². The van der Waals surface area contributed by atoms with Crippen LogP contribution in [0.1, 0.15) is 70.6 Å². The lowest BCUT2D eigenvalue weighted by Gasteiger charge is -2.33. The maximum atomic E-state index is 14.2. The van der Waals surface area contributed by atoms with Gasteiger partial charge in [0.1, 0.15) is 11.6 Å². The van der Waals surface area contributed by atoms with Crippen LogP contribution in [0.5, 0.6) is 5.75 Å². The summed E-state index contributed by atoms with van der Waals surface area (Å²) in [5, 5.41) is 7.05. The molecular formula is C32H34ClFN4O4. The quantitative estimate of drug-likeness (QED) is 0.330. The van der Waals surface area contributed by atoms with Gasteiger partial charge < -0.3 is 20.3 Å². The molecule has 2 aliphatic rings. The molecule has 0 bridgehead atoms. The second-order valence-corrected chi connectivity index (χ2v) is 11.2. The van der Waals surface area contributed by atoms with Gasteiger partial charge in [-0.15, -0.1) is 0 Å². The van der Waals surface area contributed by atoms with E-state index in [0.29, 0.717) is 55.7 Å². The summed E-state index contributed by atoms with van der Waals surface area (Å²) in [6.07, 6.45) is 2.41. The van der Waals surface area contributed by atoms with Gasteiger partial charge in [0.2, 0.25) is 0 Å². The number of nitrogens with one attached hydrogen (secondary N) is 2. The molecule has 1 aromatic heterocycles. The van der Waals surface area contributed by atoms with Gasteiger partial charge in [-0.1, -0.05) is 17.7 Å². The number of hydrogen-bond acceptors (Lipinski definition) is 7. The lowest BCUT2D eigenvalue weighted by Crippen LogP contribution is -2.45. The molecule has 4 atom stereocenters. The minimum atomic E-state index is -0.576. The van der Waals surface area contributed by atoms with Crippen molar-refractivity contribution < 1.29 is 23.5 Å². The van der Waals surface area contributed by atoms with Crippen LogP contribution in [-0.2, 0) is 0 Å². The predicted octanol–water partition coefficient (Wildman–Crippen LogP) is 5.58. The third-order valence-corrected chi connectivity index (χ3v) is 8.49. The highest BCUT2D eigenvalue weighted by molar-refractivity contribution is 6.34. The SMILES string of the molecule is CCN(C(=O)Oc1ccc(F)cc1)[C@H]1CNC[C@@H]1c1cc(C(C)=O)c(Cl)cc1C(=O)C1CCNC(c2ccccn2)C1. The van der Waals surface area contributed by atoms with Crippen molar-refractivity contribution in [2.75, 3.05) is 26.2 Å². The number of nitrogens with zero attached hydrogens (tertiary/aromatic N) is 2. The number of rotatable bonds is 8. The van der Waals surface area contributed by atoms with E-state index >= 15 is 0 Å². The minimum Gasteiger partial charge on any atom is -0.410 e. The first-order valence-electron chi connectivity index (χ1n) is 14.2. The van der Waals surface area contributed by atoms with Crippen molar-refractivity contribution in [2.24, 2.45) is 5.92 Å². The fourth-order valence-corrected chi connectivity index (χ4v) is 6.33. The average Bonchev–Trinajstić information content (AvgIpc) is 3.47. The number of piperidine rings is 1. The van der Waals surface area contributed by atoms with E-state index in [4.69, 9.17) is 16.3 Å². The molecule has 2 aromatic carbocycles. The molecule has 42 heavy (non-hydrogen) atoms. The zero-order valence-corrected chi connectivity index (χ0v) is 24.4. The van der Waals surface area contributed by atoms with Gasteiger partial charge in [0.15, 0.2) is 11.6 Å². The monoisotopic (exact) mass is 592 g/mol. The molecule has 0 saturated carbocycles. The van der Waals surface area contributed by atoms with Gasteiger partial charge in [0.05, 0.1) is 22.8 Å². The fraction of sp³-hybridized carbons (Fsp3) is 0.375. The number of ketones is 2. The molecule has 10 heteroatoms. The standard InChI is InChI=1S/C32H34ClFN4O4/c1-3-38(32(41)42-22-9-7-21(34)8-10-22)30-18-35-17-26(30)24-15-23(19(2)39)27(33)16-25(24)31(40)20-11-13-37-29(14-20)28-6-4-5-12-36-28/h4-10,12,15-16,20,26,29-30,35,37H,3,11,13-14,17-18H2,1-2H3/t20?,26-,29?,30+/m1/s1. The van der Waals surface area contributed by atoms with Crippen LogP contribution < -0.4 is 15.4 Å². The first-order valence-corrected chi connectivity index (χ1v) is 14.6. The molecule has 2 saturated heterocycles. The number of pyridine rings is 1. The number of amides is 1. The number of Topliss-reactive ketones (excluding diaryl/α,β-unsaturated/α-hetero) is 2. The molecule has 2 N–H and O–H groups in total. The molecule has 220 valence electrons. The van der Waals surface area contributed by atoms with E-state index in [9.17, 15) is 18.8 Å². The Bertz CT molecular complexity index is 1450. The number of benzene rings is 2. The van der Waals surface area contributed by atoms with Crippen molar-refractivity contribution in [2.45, 2.75) is 44.7 Å².